The van der Waals surface area contributed by atoms with Gasteiger partial charge in [-0.1, -0.05) is 64.7 Å². The fourth-order valence-electron chi connectivity index (χ4n) is 2.44. The normalized spacial score (nSPS) is 11.1. The number of hydrogen-bond donors (Lipinski definition) is 0. The number of unbranched alkanes of at least 4 members (excludes halogenated alkanes) is 9. The van der Waals surface area contributed by atoms with Crippen LogP contribution in [0.15, 0.2) is 12.5 Å². The van der Waals surface area contributed by atoms with Crippen LogP contribution in [0.2, 0.25) is 0 Å². The minimum absolute atomic E-state index is 0.797. The topological polar surface area (TPSA) is 17.8 Å². The molecule has 0 N–H and O–H groups in total. The predicted molar refractivity (Wildman–Crippen MR) is 83.1 cm³/mol. The van der Waals surface area contributed by atoms with Gasteiger partial charge in [0, 0.05) is 12.7 Å². The molecular formula is C17H31N2. The van der Waals surface area contributed by atoms with Gasteiger partial charge in [0.1, 0.15) is 0 Å². The average molecular weight is 263 g/mol. The zero-order valence-electron chi connectivity index (χ0n) is 12.7. The van der Waals surface area contributed by atoms with E-state index < -0.39 is 0 Å². The van der Waals surface area contributed by atoms with E-state index in [4.69, 9.17) is 0 Å². The summed E-state index contributed by atoms with van der Waals surface area (Å²) in [5, 5.41) is 0. The van der Waals surface area contributed by atoms with Crippen LogP contribution in [0.5, 0.6) is 0 Å². The molecule has 0 aliphatic rings. The lowest BCUT2D eigenvalue weighted by Gasteiger charge is -2.03. The van der Waals surface area contributed by atoms with Gasteiger partial charge in [-0.05, 0) is 19.8 Å². The van der Waals surface area contributed by atoms with E-state index in [9.17, 15) is 0 Å². The first-order valence-electron chi connectivity index (χ1n) is 8.16. The third-order valence-electron chi connectivity index (χ3n) is 3.71. The van der Waals surface area contributed by atoms with Gasteiger partial charge in [-0.2, -0.15) is 0 Å². The van der Waals surface area contributed by atoms with Crippen molar-refractivity contribution in [1.29, 1.82) is 0 Å². The minimum atomic E-state index is 0.797. The van der Waals surface area contributed by atoms with Crippen LogP contribution in [0, 0.1) is 6.92 Å². The Bertz CT molecular complexity index is 304. The lowest BCUT2D eigenvalue weighted by molar-refractivity contribution is 0.534. The van der Waals surface area contributed by atoms with E-state index in [0.717, 1.165) is 18.7 Å². The van der Waals surface area contributed by atoms with E-state index in [1.165, 1.54) is 64.2 Å². The lowest BCUT2D eigenvalue weighted by atomic mass is 10.1. The third-order valence-corrected chi connectivity index (χ3v) is 3.71. The molecule has 1 heterocycles. The molecule has 0 spiro atoms. The van der Waals surface area contributed by atoms with Crippen molar-refractivity contribution in [2.24, 2.45) is 0 Å². The molecule has 2 nitrogen and oxygen atoms in total. The second kappa shape index (κ2) is 11.1. The summed E-state index contributed by atoms with van der Waals surface area (Å²) in [6, 6.07) is 0. The molecule has 1 aromatic heterocycles. The molecule has 109 valence electrons. The summed E-state index contributed by atoms with van der Waals surface area (Å²) < 4.78 is 2.20. The highest BCUT2D eigenvalue weighted by molar-refractivity contribution is 4.97. The zero-order valence-corrected chi connectivity index (χ0v) is 12.7. The summed E-state index contributed by atoms with van der Waals surface area (Å²) in [5.74, 6) is 0. The van der Waals surface area contributed by atoms with Gasteiger partial charge in [-0.3, -0.25) is 0 Å². The molecule has 2 heteroatoms. The molecule has 0 aliphatic heterocycles. The first-order valence-corrected chi connectivity index (χ1v) is 8.16. The van der Waals surface area contributed by atoms with E-state index in [0.29, 0.717) is 0 Å². The predicted octanol–water partition coefficient (Wildman–Crippen LogP) is 5.18. The molecule has 19 heavy (non-hydrogen) atoms. The SMILES string of the molecule is [CH2]Cc1cn(CCCCCCCCCCCC)cn1. The van der Waals surface area contributed by atoms with E-state index in [1.54, 1.807) is 0 Å². The van der Waals surface area contributed by atoms with Crippen LogP contribution in [0.1, 0.15) is 76.8 Å². The number of imidazole rings is 1. The Hall–Kier alpha value is -0.790. The molecule has 0 aliphatic carbocycles. The van der Waals surface area contributed by atoms with Gasteiger partial charge in [0.15, 0.2) is 0 Å². The van der Waals surface area contributed by atoms with Crippen LogP contribution in [0.25, 0.3) is 0 Å². The Morgan fingerprint density at radius 3 is 2.05 bits per heavy atom. The van der Waals surface area contributed by atoms with Crippen molar-refractivity contribution in [2.45, 2.75) is 84.1 Å². The molecule has 0 bridgehead atoms. The number of nitrogens with zero attached hydrogens (tertiary/aromatic N) is 2. The third kappa shape index (κ3) is 8.07. The summed E-state index contributed by atoms with van der Waals surface area (Å²) in [7, 11) is 0. The Kier molecular flexibility index (Phi) is 9.48. The van der Waals surface area contributed by atoms with Gasteiger partial charge in [-0.15, -0.1) is 0 Å². The number of rotatable bonds is 12. The van der Waals surface area contributed by atoms with Crippen molar-refractivity contribution in [3.63, 3.8) is 0 Å². The van der Waals surface area contributed by atoms with Crippen molar-refractivity contribution >= 4 is 0 Å². The molecule has 0 unspecified atom stereocenters. The van der Waals surface area contributed by atoms with Crippen molar-refractivity contribution in [1.82, 2.24) is 9.55 Å². The quantitative estimate of drug-likeness (QED) is 0.475. The first kappa shape index (κ1) is 16.3. The fourth-order valence-corrected chi connectivity index (χ4v) is 2.44. The Labute approximate surface area is 119 Å². The summed E-state index contributed by atoms with van der Waals surface area (Å²) in [5.41, 5.74) is 1.10. The molecule has 0 aromatic carbocycles. The average Bonchev–Trinajstić information content (AvgIpc) is 2.89. The van der Waals surface area contributed by atoms with Gasteiger partial charge in [0.2, 0.25) is 0 Å². The van der Waals surface area contributed by atoms with Crippen molar-refractivity contribution < 1.29 is 0 Å². The maximum Gasteiger partial charge on any atom is 0.0949 e. The van der Waals surface area contributed by atoms with Crippen LogP contribution in [0.3, 0.4) is 0 Å². The highest BCUT2D eigenvalue weighted by atomic mass is 15.0. The molecule has 0 saturated carbocycles. The molecule has 1 rings (SSSR count). The summed E-state index contributed by atoms with van der Waals surface area (Å²) in [4.78, 5) is 4.30. The molecular weight excluding hydrogens is 232 g/mol. The Morgan fingerprint density at radius 2 is 1.53 bits per heavy atom. The lowest BCUT2D eigenvalue weighted by Crippen LogP contribution is -1.94. The highest BCUT2D eigenvalue weighted by Crippen LogP contribution is 2.11. The van der Waals surface area contributed by atoms with Crippen molar-refractivity contribution in [3.05, 3.63) is 25.1 Å². The first-order chi connectivity index (χ1) is 9.36. The fraction of sp³-hybridized carbons (Fsp3) is 0.765. The van der Waals surface area contributed by atoms with Crippen LogP contribution >= 0.6 is 0 Å². The molecule has 1 radical (unpaired) electrons. The Morgan fingerprint density at radius 1 is 0.947 bits per heavy atom. The smallest absolute Gasteiger partial charge is 0.0949 e. The largest absolute Gasteiger partial charge is 0.337 e. The maximum absolute atomic E-state index is 4.30. The van der Waals surface area contributed by atoms with E-state index >= 15 is 0 Å². The van der Waals surface area contributed by atoms with Crippen LogP contribution in [-0.4, -0.2) is 9.55 Å². The summed E-state index contributed by atoms with van der Waals surface area (Å²) in [6.07, 6.45) is 18.8. The van der Waals surface area contributed by atoms with Gasteiger partial charge in [0.25, 0.3) is 0 Å². The van der Waals surface area contributed by atoms with Crippen molar-refractivity contribution in [3.8, 4) is 0 Å². The van der Waals surface area contributed by atoms with E-state index in [1.807, 2.05) is 6.33 Å². The van der Waals surface area contributed by atoms with Gasteiger partial charge >= 0.3 is 0 Å². The second-order valence-electron chi connectivity index (χ2n) is 5.53. The number of aromatic nitrogens is 2. The van der Waals surface area contributed by atoms with Crippen LogP contribution in [0.4, 0.5) is 0 Å². The molecule has 0 amide bonds. The molecule has 1 aromatic rings. The Balaban J connectivity index is 1.86. The molecule has 0 fully saturated rings. The maximum atomic E-state index is 4.30. The number of hydrogen-bond acceptors (Lipinski definition) is 1. The summed E-state index contributed by atoms with van der Waals surface area (Å²) in [6.45, 7) is 7.24. The van der Waals surface area contributed by atoms with E-state index in [-0.39, 0.29) is 0 Å². The zero-order chi connectivity index (χ0) is 13.8. The number of aryl methyl sites for hydroxylation is 1. The van der Waals surface area contributed by atoms with E-state index in [2.05, 4.69) is 29.6 Å². The second-order valence-corrected chi connectivity index (χ2v) is 5.53. The van der Waals surface area contributed by atoms with Gasteiger partial charge in [0.05, 0.1) is 12.0 Å². The van der Waals surface area contributed by atoms with Crippen LogP contribution < -0.4 is 0 Å². The summed E-state index contributed by atoms with van der Waals surface area (Å²) >= 11 is 0. The van der Waals surface area contributed by atoms with Gasteiger partial charge < -0.3 is 4.57 Å². The van der Waals surface area contributed by atoms with Gasteiger partial charge in [-0.25, -0.2) is 4.98 Å². The highest BCUT2D eigenvalue weighted by Gasteiger charge is 1.96. The molecule has 0 atom stereocenters. The monoisotopic (exact) mass is 263 g/mol. The van der Waals surface area contributed by atoms with Crippen LogP contribution in [-0.2, 0) is 13.0 Å². The standard InChI is InChI=1S/C17H31N2/c1-3-5-6-7-8-9-10-11-12-13-14-19-15-17(4-2)18-16-19/h15-16H,2-14H2,1H3. The minimum Gasteiger partial charge on any atom is -0.337 e. The molecule has 0 saturated heterocycles. The van der Waals surface area contributed by atoms with Crippen molar-refractivity contribution in [2.75, 3.05) is 0 Å².